The first-order valence-corrected chi connectivity index (χ1v) is 7.65. The molecule has 8 heteroatoms. The van der Waals surface area contributed by atoms with E-state index >= 15 is 0 Å². The number of hydrogen-bond acceptors (Lipinski definition) is 6. The van der Waals surface area contributed by atoms with E-state index in [1.807, 2.05) is 22.8 Å². The number of methoxy groups -OCH3 is 1. The van der Waals surface area contributed by atoms with Crippen molar-refractivity contribution < 1.29 is 9.47 Å². The number of benzene rings is 1. The summed E-state index contributed by atoms with van der Waals surface area (Å²) in [6.07, 6.45) is 1.61. The summed E-state index contributed by atoms with van der Waals surface area (Å²) >= 11 is 2.26. The first kappa shape index (κ1) is 15.0. The van der Waals surface area contributed by atoms with Gasteiger partial charge in [0, 0.05) is 22.9 Å². The fraction of sp³-hybridized carbons (Fsp3) is 0.214. The SMILES string of the molecule is COCCOc1nc2ccc(I)cc2n1-c1ccnc(N)n1. The molecule has 0 spiro atoms. The number of rotatable bonds is 5. The molecule has 0 aliphatic rings. The largest absolute Gasteiger partial charge is 0.462 e. The quantitative estimate of drug-likeness (QED) is 0.511. The smallest absolute Gasteiger partial charge is 0.303 e. The van der Waals surface area contributed by atoms with Gasteiger partial charge in [-0.05, 0) is 40.8 Å². The minimum Gasteiger partial charge on any atom is -0.462 e. The van der Waals surface area contributed by atoms with Crippen LogP contribution in [0.15, 0.2) is 30.5 Å². The van der Waals surface area contributed by atoms with Gasteiger partial charge >= 0.3 is 6.01 Å². The molecule has 3 rings (SSSR count). The topological polar surface area (TPSA) is 88.1 Å². The van der Waals surface area contributed by atoms with Gasteiger partial charge in [0.1, 0.15) is 12.4 Å². The number of nitrogens with zero attached hydrogens (tertiary/aromatic N) is 4. The van der Waals surface area contributed by atoms with E-state index < -0.39 is 0 Å². The molecule has 3 aromatic rings. The van der Waals surface area contributed by atoms with E-state index in [4.69, 9.17) is 15.2 Å². The summed E-state index contributed by atoms with van der Waals surface area (Å²) in [5.74, 6) is 0.817. The second-order valence-corrected chi connectivity index (χ2v) is 5.72. The van der Waals surface area contributed by atoms with E-state index in [-0.39, 0.29) is 5.95 Å². The first-order chi connectivity index (χ1) is 10.7. The van der Waals surface area contributed by atoms with Crippen molar-refractivity contribution in [2.45, 2.75) is 0 Å². The highest BCUT2D eigenvalue weighted by atomic mass is 127. The standard InChI is InChI=1S/C14H14IN5O2/c1-21-6-7-22-14-18-10-3-2-9(15)8-11(10)20(14)12-4-5-17-13(16)19-12/h2-5,8H,6-7H2,1H3,(H2,16,17,19). The number of nitrogen functional groups attached to an aromatic ring is 1. The summed E-state index contributed by atoms with van der Waals surface area (Å²) in [4.78, 5) is 12.7. The number of halogens is 1. The molecular formula is C14H14IN5O2. The molecular weight excluding hydrogens is 397 g/mol. The summed E-state index contributed by atoms with van der Waals surface area (Å²) in [6, 6.07) is 8.17. The summed E-state index contributed by atoms with van der Waals surface area (Å²) in [6.45, 7) is 0.879. The van der Waals surface area contributed by atoms with Crippen LogP contribution in [0.4, 0.5) is 5.95 Å². The zero-order valence-corrected chi connectivity index (χ0v) is 14.0. The Balaban J connectivity index is 2.14. The molecule has 0 radical (unpaired) electrons. The first-order valence-electron chi connectivity index (χ1n) is 6.57. The summed E-state index contributed by atoms with van der Waals surface area (Å²) in [7, 11) is 1.62. The van der Waals surface area contributed by atoms with Gasteiger partial charge in [-0.25, -0.2) is 9.55 Å². The van der Waals surface area contributed by atoms with E-state index in [1.54, 1.807) is 19.4 Å². The Bertz CT molecular complexity index is 805. The molecule has 0 saturated heterocycles. The van der Waals surface area contributed by atoms with Gasteiger partial charge in [-0.3, -0.25) is 0 Å². The minimum atomic E-state index is 0.202. The van der Waals surface area contributed by atoms with Crippen molar-refractivity contribution in [1.29, 1.82) is 0 Å². The zero-order valence-electron chi connectivity index (χ0n) is 11.9. The van der Waals surface area contributed by atoms with Gasteiger partial charge < -0.3 is 15.2 Å². The normalized spacial score (nSPS) is 11.0. The van der Waals surface area contributed by atoms with Gasteiger partial charge in [0.2, 0.25) is 5.95 Å². The molecule has 0 fully saturated rings. The molecule has 0 bridgehead atoms. The molecule has 114 valence electrons. The Morgan fingerprint density at radius 1 is 1.23 bits per heavy atom. The number of imidazole rings is 1. The van der Waals surface area contributed by atoms with Crippen molar-refractivity contribution in [1.82, 2.24) is 19.5 Å². The molecule has 2 aromatic heterocycles. The van der Waals surface area contributed by atoms with E-state index in [2.05, 4.69) is 37.5 Å². The lowest BCUT2D eigenvalue weighted by Gasteiger charge is -2.09. The molecule has 0 aliphatic heterocycles. The molecule has 0 amide bonds. The third-order valence-corrected chi connectivity index (χ3v) is 3.66. The van der Waals surface area contributed by atoms with Gasteiger partial charge in [0.05, 0.1) is 17.6 Å². The maximum absolute atomic E-state index is 5.72. The van der Waals surface area contributed by atoms with Crippen LogP contribution in [0.2, 0.25) is 0 Å². The van der Waals surface area contributed by atoms with Crippen molar-refractivity contribution in [3.8, 4) is 11.8 Å². The summed E-state index contributed by atoms with van der Waals surface area (Å²) < 4.78 is 13.7. The molecule has 2 heterocycles. The van der Waals surface area contributed by atoms with E-state index in [9.17, 15) is 0 Å². The Hall–Kier alpha value is -1.94. The highest BCUT2D eigenvalue weighted by molar-refractivity contribution is 14.1. The van der Waals surface area contributed by atoms with Crippen LogP contribution >= 0.6 is 22.6 Å². The van der Waals surface area contributed by atoms with Crippen LogP contribution in [-0.4, -0.2) is 39.8 Å². The Morgan fingerprint density at radius 3 is 2.86 bits per heavy atom. The van der Waals surface area contributed by atoms with Crippen molar-refractivity contribution >= 4 is 39.6 Å². The highest BCUT2D eigenvalue weighted by Gasteiger charge is 2.15. The molecule has 22 heavy (non-hydrogen) atoms. The van der Waals surface area contributed by atoms with Crippen LogP contribution in [0.25, 0.3) is 16.9 Å². The van der Waals surface area contributed by atoms with E-state index in [1.165, 1.54) is 0 Å². The molecule has 0 unspecified atom stereocenters. The van der Waals surface area contributed by atoms with Crippen LogP contribution < -0.4 is 10.5 Å². The second kappa shape index (κ2) is 6.44. The maximum atomic E-state index is 5.72. The van der Waals surface area contributed by atoms with Gasteiger partial charge in [0.25, 0.3) is 0 Å². The highest BCUT2D eigenvalue weighted by Crippen LogP contribution is 2.26. The average molecular weight is 411 g/mol. The number of nitrogens with two attached hydrogens (primary N) is 1. The summed E-state index contributed by atoms with van der Waals surface area (Å²) in [5, 5.41) is 0. The molecule has 7 nitrogen and oxygen atoms in total. The molecule has 0 atom stereocenters. The zero-order chi connectivity index (χ0) is 15.5. The third-order valence-electron chi connectivity index (χ3n) is 2.99. The fourth-order valence-corrected chi connectivity index (χ4v) is 2.52. The Morgan fingerprint density at radius 2 is 2.09 bits per heavy atom. The average Bonchev–Trinajstić information content (AvgIpc) is 2.85. The number of ether oxygens (including phenoxy) is 2. The lowest BCUT2D eigenvalue weighted by Crippen LogP contribution is -2.09. The Kier molecular flexibility index (Phi) is 4.39. The van der Waals surface area contributed by atoms with Crippen LogP contribution in [0.3, 0.4) is 0 Å². The predicted octanol–water partition coefficient (Wildman–Crippen LogP) is 2.03. The lowest BCUT2D eigenvalue weighted by molar-refractivity contribution is 0.140. The van der Waals surface area contributed by atoms with Crippen molar-refractivity contribution in [3.05, 3.63) is 34.0 Å². The van der Waals surface area contributed by atoms with Crippen molar-refractivity contribution in [3.63, 3.8) is 0 Å². The number of fused-ring (bicyclic) bond motifs is 1. The monoisotopic (exact) mass is 411 g/mol. The number of aromatic nitrogens is 4. The van der Waals surface area contributed by atoms with E-state index in [0.717, 1.165) is 14.6 Å². The van der Waals surface area contributed by atoms with E-state index in [0.29, 0.717) is 25.0 Å². The van der Waals surface area contributed by atoms with Crippen molar-refractivity contribution in [2.24, 2.45) is 0 Å². The lowest BCUT2D eigenvalue weighted by atomic mass is 10.3. The van der Waals surface area contributed by atoms with Crippen LogP contribution in [-0.2, 0) is 4.74 Å². The van der Waals surface area contributed by atoms with Gasteiger partial charge in [-0.1, -0.05) is 0 Å². The van der Waals surface area contributed by atoms with Gasteiger partial charge in [-0.2, -0.15) is 9.97 Å². The summed E-state index contributed by atoms with van der Waals surface area (Å²) in [5.41, 5.74) is 7.42. The second-order valence-electron chi connectivity index (χ2n) is 4.48. The van der Waals surface area contributed by atoms with Crippen LogP contribution in [0.5, 0.6) is 6.01 Å². The molecule has 2 N–H and O–H groups in total. The molecule has 1 aromatic carbocycles. The fourth-order valence-electron chi connectivity index (χ4n) is 2.05. The van der Waals surface area contributed by atoms with Crippen LogP contribution in [0.1, 0.15) is 0 Å². The van der Waals surface area contributed by atoms with Crippen LogP contribution in [0, 0.1) is 3.57 Å². The molecule has 0 saturated carbocycles. The maximum Gasteiger partial charge on any atom is 0.303 e. The van der Waals surface area contributed by atoms with Crippen molar-refractivity contribution in [2.75, 3.05) is 26.1 Å². The van der Waals surface area contributed by atoms with Gasteiger partial charge in [0.15, 0.2) is 0 Å². The minimum absolute atomic E-state index is 0.202. The number of hydrogen-bond donors (Lipinski definition) is 1. The number of anilines is 1. The Labute approximate surface area is 140 Å². The predicted molar refractivity (Wildman–Crippen MR) is 91.2 cm³/mol. The van der Waals surface area contributed by atoms with Gasteiger partial charge in [-0.15, -0.1) is 0 Å². The molecule has 0 aliphatic carbocycles. The third kappa shape index (κ3) is 2.97.